The van der Waals surface area contributed by atoms with Crippen LogP contribution in [-0.2, 0) is 9.84 Å². The van der Waals surface area contributed by atoms with E-state index in [1.54, 1.807) is 0 Å². The molecule has 1 N–H and O–H groups in total. The van der Waals surface area contributed by atoms with Gasteiger partial charge >= 0.3 is 0 Å². The number of benzene rings is 1. The molecule has 0 aliphatic carbocycles. The number of nitrogens with zero attached hydrogens (tertiary/aromatic N) is 2. The SMILES string of the molecule is O=S1(=O)CCCC1CN1CCN(c2cccc3[nH]ccc23)CC1. The smallest absolute Gasteiger partial charge is 0.154 e. The number of fused-ring (bicyclic) bond motifs is 1. The van der Waals surface area contributed by atoms with E-state index < -0.39 is 9.84 Å². The molecule has 3 heterocycles. The van der Waals surface area contributed by atoms with Gasteiger partial charge in [0.15, 0.2) is 9.84 Å². The van der Waals surface area contributed by atoms with Crippen LogP contribution in [0.4, 0.5) is 5.69 Å². The van der Waals surface area contributed by atoms with Gasteiger partial charge in [0, 0.05) is 55.5 Å². The van der Waals surface area contributed by atoms with E-state index in [-0.39, 0.29) is 5.25 Å². The van der Waals surface area contributed by atoms with Crippen molar-refractivity contribution in [1.29, 1.82) is 0 Å². The Balaban J connectivity index is 1.42. The van der Waals surface area contributed by atoms with Gasteiger partial charge in [0.2, 0.25) is 0 Å². The fraction of sp³-hybridized carbons (Fsp3) is 0.529. The van der Waals surface area contributed by atoms with E-state index in [4.69, 9.17) is 0 Å². The molecule has 2 aliphatic rings. The number of hydrogen-bond donors (Lipinski definition) is 1. The third-order valence-corrected chi connectivity index (χ3v) is 7.47. The van der Waals surface area contributed by atoms with Crippen LogP contribution in [0.5, 0.6) is 0 Å². The van der Waals surface area contributed by atoms with Crippen LogP contribution < -0.4 is 4.90 Å². The Morgan fingerprint density at radius 2 is 1.96 bits per heavy atom. The highest BCUT2D eigenvalue weighted by Crippen LogP contribution is 2.27. The Morgan fingerprint density at radius 3 is 2.70 bits per heavy atom. The third-order valence-electron chi connectivity index (χ3n) is 5.21. The van der Waals surface area contributed by atoms with Gasteiger partial charge in [0.1, 0.15) is 0 Å². The molecule has 1 atom stereocenters. The summed E-state index contributed by atoms with van der Waals surface area (Å²) in [7, 11) is -2.83. The number of anilines is 1. The topological polar surface area (TPSA) is 56.4 Å². The molecule has 2 fully saturated rings. The van der Waals surface area contributed by atoms with Crippen LogP contribution >= 0.6 is 0 Å². The van der Waals surface area contributed by atoms with Gasteiger partial charge in [0.05, 0.1) is 11.0 Å². The minimum absolute atomic E-state index is 0.137. The number of nitrogens with one attached hydrogen (secondary N) is 1. The molecule has 4 rings (SSSR count). The van der Waals surface area contributed by atoms with Crippen molar-refractivity contribution < 1.29 is 8.42 Å². The summed E-state index contributed by atoms with van der Waals surface area (Å²) in [4.78, 5) is 7.99. The largest absolute Gasteiger partial charge is 0.368 e. The Morgan fingerprint density at radius 1 is 1.13 bits per heavy atom. The van der Waals surface area contributed by atoms with Gasteiger partial charge in [-0.1, -0.05) is 6.07 Å². The molecule has 1 aromatic heterocycles. The van der Waals surface area contributed by atoms with Gasteiger partial charge in [0.25, 0.3) is 0 Å². The molecule has 0 radical (unpaired) electrons. The average molecular weight is 333 g/mol. The van der Waals surface area contributed by atoms with Crippen molar-refractivity contribution in [3.8, 4) is 0 Å². The quantitative estimate of drug-likeness (QED) is 0.932. The second-order valence-corrected chi connectivity index (χ2v) is 9.04. The highest BCUT2D eigenvalue weighted by molar-refractivity contribution is 7.92. The lowest BCUT2D eigenvalue weighted by Crippen LogP contribution is -2.49. The maximum Gasteiger partial charge on any atom is 0.154 e. The lowest BCUT2D eigenvalue weighted by atomic mass is 10.1. The molecule has 0 saturated carbocycles. The minimum Gasteiger partial charge on any atom is -0.368 e. The van der Waals surface area contributed by atoms with Crippen LogP contribution in [0.1, 0.15) is 12.8 Å². The number of rotatable bonds is 3. The minimum atomic E-state index is -2.83. The van der Waals surface area contributed by atoms with Gasteiger partial charge in [-0.15, -0.1) is 0 Å². The van der Waals surface area contributed by atoms with Crippen molar-refractivity contribution in [2.45, 2.75) is 18.1 Å². The first-order valence-electron chi connectivity index (χ1n) is 8.38. The molecule has 0 amide bonds. The molecule has 1 unspecified atom stereocenters. The van der Waals surface area contributed by atoms with Gasteiger partial charge in [-0.3, -0.25) is 4.90 Å². The summed E-state index contributed by atoms with van der Waals surface area (Å²) in [6.07, 6.45) is 3.66. The van der Waals surface area contributed by atoms with Crippen LogP contribution in [0.3, 0.4) is 0 Å². The van der Waals surface area contributed by atoms with E-state index in [0.29, 0.717) is 12.3 Å². The molecular weight excluding hydrogens is 310 g/mol. The third kappa shape index (κ3) is 2.85. The van der Waals surface area contributed by atoms with Gasteiger partial charge in [-0.2, -0.15) is 0 Å². The number of aromatic nitrogens is 1. The normalized spacial score (nSPS) is 25.2. The molecule has 2 saturated heterocycles. The predicted molar refractivity (Wildman–Crippen MR) is 93.8 cm³/mol. The van der Waals surface area contributed by atoms with Crippen molar-refractivity contribution in [3.63, 3.8) is 0 Å². The summed E-state index contributed by atoms with van der Waals surface area (Å²) in [5.74, 6) is 0.382. The summed E-state index contributed by atoms with van der Waals surface area (Å²) < 4.78 is 24.0. The van der Waals surface area contributed by atoms with E-state index >= 15 is 0 Å². The number of aromatic amines is 1. The first-order valence-corrected chi connectivity index (χ1v) is 10.1. The number of sulfone groups is 1. The maximum absolute atomic E-state index is 12.0. The van der Waals surface area contributed by atoms with Crippen LogP contribution in [0.25, 0.3) is 10.9 Å². The van der Waals surface area contributed by atoms with E-state index in [9.17, 15) is 8.42 Å². The van der Waals surface area contributed by atoms with Crippen molar-refractivity contribution in [1.82, 2.24) is 9.88 Å². The predicted octanol–water partition coefficient (Wildman–Crippen LogP) is 1.87. The number of H-pyrrole nitrogens is 1. The monoisotopic (exact) mass is 333 g/mol. The van der Waals surface area contributed by atoms with Crippen LogP contribution in [0, 0.1) is 0 Å². The summed E-state index contributed by atoms with van der Waals surface area (Å²) in [5, 5.41) is 1.13. The lowest BCUT2D eigenvalue weighted by molar-refractivity contribution is 0.256. The molecule has 0 spiro atoms. The van der Waals surface area contributed by atoms with E-state index in [1.165, 1.54) is 16.6 Å². The van der Waals surface area contributed by atoms with Gasteiger partial charge in [-0.25, -0.2) is 8.42 Å². The molecule has 124 valence electrons. The van der Waals surface area contributed by atoms with E-state index in [0.717, 1.165) is 39.0 Å². The first-order chi connectivity index (χ1) is 11.1. The summed E-state index contributed by atoms with van der Waals surface area (Å²) in [6.45, 7) is 4.50. The lowest BCUT2D eigenvalue weighted by Gasteiger charge is -2.37. The fourth-order valence-corrected chi connectivity index (χ4v) is 5.73. The Kier molecular flexibility index (Phi) is 3.81. The Hall–Kier alpha value is -1.53. The molecule has 1 aromatic carbocycles. The Labute approximate surface area is 137 Å². The van der Waals surface area contributed by atoms with Crippen LogP contribution in [-0.4, -0.2) is 62.0 Å². The molecule has 0 bridgehead atoms. The summed E-state index contributed by atoms with van der Waals surface area (Å²) in [6, 6.07) is 8.49. The molecule has 5 nitrogen and oxygen atoms in total. The fourth-order valence-electron chi connectivity index (χ4n) is 3.87. The Bertz CT molecular complexity index is 791. The van der Waals surface area contributed by atoms with E-state index in [1.807, 2.05) is 6.20 Å². The second kappa shape index (κ2) is 5.83. The maximum atomic E-state index is 12.0. The van der Waals surface area contributed by atoms with Crippen molar-refractivity contribution in [2.75, 3.05) is 43.4 Å². The molecule has 23 heavy (non-hydrogen) atoms. The van der Waals surface area contributed by atoms with Gasteiger partial charge in [-0.05, 0) is 31.0 Å². The second-order valence-electron chi connectivity index (χ2n) is 6.63. The zero-order valence-electron chi connectivity index (χ0n) is 13.2. The van der Waals surface area contributed by atoms with Gasteiger partial charge < -0.3 is 9.88 Å². The van der Waals surface area contributed by atoms with E-state index in [2.05, 4.69) is 39.0 Å². The van der Waals surface area contributed by atoms with Crippen molar-refractivity contribution in [2.24, 2.45) is 0 Å². The first kappa shape index (κ1) is 15.0. The zero-order chi connectivity index (χ0) is 15.9. The molecular formula is C17H23N3O2S. The van der Waals surface area contributed by atoms with Crippen LogP contribution in [0.15, 0.2) is 30.5 Å². The average Bonchev–Trinajstić information content (AvgIpc) is 3.14. The number of piperazine rings is 1. The van der Waals surface area contributed by atoms with Crippen molar-refractivity contribution in [3.05, 3.63) is 30.5 Å². The highest BCUT2D eigenvalue weighted by Gasteiger charge is 2.33. The standard InChI is InChI=1S/C17H23N3O2S/c21-23(22)12-2-3-14(23)13-19-8-10-20(11-9-19)17-5-1-4-16-15(17)6-7-18-16/h1,4-7,14,18H,2-3,8-13H2. The highest BCUT2D eigenvalue weighted by atomic mass is 32.2. The van der Waals surface area contributed by atoms with Crippen molar-refractivity contribution >= 4 is 26.4 Å². The summed E-state index contributed by atoms with van der Waals surface area (Å²) >= 11 is 0. The molecule has 6 heteroatoms. The zero-order valence-corrected chi connectivity index (χ0v) is 14.1. The summed E-state index contributed by atoms with van der Waals surface area (Å²) in [5.41, 5.74) is 2.44. The number of hydrogen-bond acceptors (Lipinski definition) is 4. The molecule has 2 aliphatic heterocycles. The molecule has 2 aromatic rings. The van der Waals surface area contributed by atoms with Crippen LogP contribution in [0.2, 0.25) is 0 Å².